The number of hydrogen-bond donors (Lipinski definition) is 0. The van der Waals surface area contributed by atoms with E-state index in [-0.39, 0.29) is 11.7 Å². The molecule has 2 aromatic heterocycles. The molecule has 0 N–H and O–H groups in total. The van der Waals surface area contributed by atoms with E-state index in [1.165, 1.54) is 0 Å². The molecule has 4 rings (SSSR count). The van der Waals surface area contributed by atoms with Crippen molar-refractivity contribution in [3.05, 3.63) is 47.6 Å². The summed E-state index contributed by atoms with van der Waals surface area (Å²) in [5.74, 6) is 0.861. The summed E-state index contributed by atoms with van der Waals surface area (Å²) in [5, 5.41) is 4.08. The summed E-state index contributed by atoms with van der Waals surface area (Å²) in [6, 6.07) is 5.97. The number of hydrogen-bond acceptors (Lipinski definition) is 6. The van der Waals surface area contributed by atoms with E-state index in [4.69, 9.17) is 14.0 Å². The first-order chi connectivity index (χ1) is 11.7. The van der Waals surface area contributed by atoms with E-state index in [0.717, 1.165) is 49.5 Å². The van der Waals surface area contributed by atoms with Crippen LogP contribution in [0.5, 0.6) is 0 Å². The Kier molecular flexibility index (Phi) is 4.35. The highest BCUT2D eigenvalue weighted by atomic mass is 16.6. The van der Waals surface area contributed by atoms with Crippen LogP contribution in [0.15, 0.2) is 35.1 Å². The predicted octanol–water partition coefficient (Wildman–Crippen LogP) is 2.33. The molecular weight excluding hydrogens is 306 g/mol. The summed E-state index contributed by atoms with van der Waals surface area (Å²) in [4.78, 5) is 6.51. The van der Waals surface area contributed by atoms with Crippen LogP contribution in [0.4, 0.5) is 0 Å². The second-order valence-corrected chi connectivity index (χ2v) is 6.88. The third kappa shape index (κ3) is 3.50. The van der Waals surface area contributed by atoms with Crippen LogP contribution in [-0.4, -0.2) is 46.4 Å². The molecule has 0 saturated carbocycles. The SMILES string of the molecule is Cc1cc(CN2CC[C@]3(C[C@H](OCc4cccnc4)CO3)C2)no1. The van der Waals surface area contributed by atoms with E-state index in [2.05, 4.69) is 15.0 Å². The molecular formula is C18H23N3O3. The third-order valence-corrected chi connectivity index (χ3v) is 4.84. The predicted molar refractivity (Wildman–Crippen MR) is 87.2 cm³/mol. The molecule has 0 aromatic carbocycles. The average molecular weight is 329 g/mol. The van der Waals surface area contributed by atoms with Crippen molar-refractivity contribution in [3.63, 3.8) is 0 Å². The molecule has 0 radical (unpaired) electrons. The van der Waals surface area contributed by atoms with Gasteiger partial charge in [0.2, 0.25) is 0 Å². The van der Waals surface area contributed by atoms with Crippen LogP contribution in [0, 0.1) is 6.92 Å². The van der Waals surface area contributed by atoms with Crippen molar-refractivity contribution in [2.75, 3.05) is 19.7 Å². The first-order valence-corrected chi connectivity index (χ1v) is 8.50. The van der Waals surface area contributed by atoms with E-state index in [9.17, 15) is 0 Å². The molecule has 128 valence electrons. The zero-order chi connectivity index (χ0) is 16.4. The standard InChI is InChI=1S/C18H23N3O3/c1-14-7-16(20-24-14)10-21-6-4-18(13-21)8-17(12-23-18)22-11-15-3-2-5-19-9-15/h2-3,5,7,9,17H,4,6,8,10-13H2,1H3/t17-,18-/m0/s1. The molecule has 2 atom stereocenters. The average Bonchev–Trinajstić information content (AvgIpc) is 3.29. The zero-order valence-electron chi connectivity index (χ0n) is 14.0. The molecule has 2 aromatic rings. The second kappa shape index (κ2) is 6.63. The van der Waals surface area contributed by atoms with Gasteiger partial charge in [0.1, 0.15) is 5.76 Å². The topological polar surface area (TPSA) is 60.6 Å². The van der Waals surface area contributed by atoms with E-state index < -0.39 is 0 Å². The Labute approximate surface area is 141 Å². The smallest absolute Gasteiger partial charge is 0.133 e. The Bertz CT molecular complexity index is 675. The lowest BCUT2D eigenvalue weighted by molar-refractivity contribution is -0.000535. The highest BCUT2D eigenvalue weighted by molar-refractivity contribution is 5.08. The fourth-order valence-corrected chi connectivity index (χ4v) is 3.68. The molecule has 2 fully saturated rings. The maximum absolute atomic E-state index is 6.15. The van der Waals surface area contributed by atoms with Crippen molar-refractivity contribution < 1.29 is 14.0 Å². The van der Waals surface area contributed by atoms with Crippen molar-refractivity contribution >= 4 is 0 Å². The summed E-state index contributed by atoms with van der Waals surface area (Å²) in [6.45, 7) is 5.99. The van der Waals surface area contributed by atoms with Crippen molar-refractivity contribution in [1.82, 2.24) is 15.0 Å². The zero-order valence-corrected chi connectivity index (χ0v) is 14.0. The van der Waals surface area contributed by atoms with Gasteiger partial charge in [-0.05, 0) is 25.0 Å². The molecule has 0 aliphatic carbocycles. The van der Waals surface area contributed by atoms with Crippen LogP contribution >= 0.6 is 0 Å². The lowest BCUT2D eigenvalue weighted by Gasteiger charge is -2.23. The van der Waals surface area contributed by atoms with E-state index in [1.807, 2.05) is 31.3 Å². The lowest BCUT2D eigenvalue weighted by atomic mass is 9.98. The molecule has 24 heavy (non-hydrogen) atoms. The van der Waals surface area contributed by atoms with Crippen molar-refractivity contribution in [3.8, 4) is 0 Å². The Morgan fingerprint density at radius 3 is 3.21 bits per heavy atom. The molecule has 6 nitrogen and oxygen atoms in total. The highest BCUT2D eigenvalue weighted by Crippen LogP contribution is 2.36. The summed E-state index contributed by atoms with van der Waals surface area (Å²) >= 11 is 0. The molecule has 0 amide bonds. The van der Waals surface area contributed by atoms with Gasteiger partial charge in [0.15, 0.2) is 0 Å². The van der Waals surface area contributed by atoms with E-state index in [0.29, 0.717) is 13.2 Å². The number of pyridine rings is 1. The van der Waals surface area contributed by atoms with Crippen molar-refractivity contribution in [2.24, 2.45) is 0 Å². The number of likely N-dealkylation sites (tertiary alicyclic amines) is 1. The first kappa shape index (κ1) is 15.7. The monoisotopic (exact) mass is 329 g/mol. The summed E-state index contributed by atoms with van der Waals surface area (Å²) in [7, 11) is 0. The van der Waals surface area contributed by atoms with Gasteiger partial charge in [0.05, 0.1) is 30.6 Å². The van der Waals surface area contributed by atoms with Gasteiger partial charge in [-0.3, -0.25) is 9.88 Å². The summed E-state index contributed by atoms with van der Waals surface area (Å²) in [6.07, 6.45) is 5.81. The maximum Gasteiger partial charge on any atom is 0.133 e. The van der Waals surface area contributed by atoms with Gasteiger partial charge in [-0.1, -0.05) is 11.2 Å². The molecule has 4 heterocycles. The van der Waals surface area contributed by atoms with E-state index >= 15 is 0 Å². The third-order valence-electron chi connectivity index (χ3n) is 4.84. The summed E-state index contributed by atoms with van der Waals surface area (Å²) < 4.78 is 17.3. The molecule has 0 unspecified atom stereocenters. The minimum atomic E-state index is -0.0572. The Morgan fingerprint density at radius 1 is 1.46 bits per heavy atom. The first-order valence-electron chi connectivity index (χ1n) is 8.50. The second-order valence-electron chi connectivity index (χ2n) is 6.88. The normalized spacial score (nSPS) is 27.3. The van der Waals surface area contributed by atoms with Crippen molar-refractivity contribution in [1.29, 1.82) is 0 Å². The maximum atomic E-state index is 6.15. The van der Waals surface area contributed by atoms with Gasteiger partial charge in [0, 0.05) is 44.5 Å². The molecule has 2 aliphatic heterocycles. The number of nitrogens with zero attached hydrogens (tertiary/aromatic N) is 3. The van der Waals surface area contributed by atoms with Gasteiger partial charge in [-0.2, -0.15) is 0 Å². The van der Waals surface area contributed by atoms with Crippen LogP contribution in [0.2, 0.25) is 0 Å². The van der Waals surface area contributed by atoms with Crippen LogP contribution in [0.25, 0.3) is 0 Å². The van der Waals surface area contributed by atoms with Gasteiger partial charge in [0.25, 0.3) is 0 Å². The van der Waals surface area contributed by atoms with Crippen LogP contribution in [0.1, 0.15) is 29.9 Å². The minimum Gasteiger partial charge on any atom is -0.371 e. The van der Waals surface area contributed by atoms with Gasteiger partial charge < -0.3 is 14.0 Å². The van der Waals surface area contributed by atoms with Crippen LogP contribution in [-0.2, 0) is 22.6 Å². The lowest BCUT2D eigenvalue weighted by Crippen LogP contribution is -2.33. The van der Waals surface area contributed by atoms with Crippen LogP contribution in [0.3, 0.4) is 0 Å². The largest absolute Gasteiger partial charge is 0.371 e. The van der Waals surface area contributed by atoms with Crippen molar-refractivity contribution in [2.45, 2.75) is 44.6 Å². The van der Waals surface area contributed by atoms with Gasteiger partial charge >= 0.3 is 0 Å². The molecule has 6 heteroatoms. The minimum absolute atomic E-state index is 0.0572. The number of aromatic nitrogens is 2. The number of aryl methyl sites for hydroxylation is 1. The molecule has 1 spiro atoms. The Hall–Kier alpha value is -1.76. The molecule has 2 aliphatic rings. The molecule has 2 saturated heterocycles. The Balaban J connectivity index is 1.28. The highest BCUT2D eigenvalue weighted by Gasteiger charge is 2.45. The fourth-order valence-electron chi connectivity index (χ4n) is 3.68. The van der Waals surface area contributed by atoms with Gasteiger partial charge in [-0.25, -0.2) is 0 Å². The van der Waals surface area contributed by atoms with Crippen LogP contribution < -0.4 is 0 Å². The van der Waals surface area contributed by atoms with Gasteiger partial charge in [-0.15, -0.1) is 0 Å². The number of ether oxygens (including phenoxy) is 2. The summed E-state index contributed by atoms with van der Waals surface area (Å²) in [5.41, 5.74) is 2.04. The molecule has 0 bridgehead atoms. The fraction of sp³-hybridized carbons (Fsp3) is 0.556. The number of rotatable bonds is 5. The Morgan fingerprint density at radius 2 is 2.42 bits per heavy atom. The quantitative estimate of drug-likeness (QED) is 0.839. The van der Waals surface area contributed by atoms with E-state index in [1.54, 1.807) is 6.20 Å².